The lowest BCUT2D eigenvalue weighted by atomic mass is 10.1. The van der Waals surface area contributed by atoms with Crippen molar-refractivity contribution >= 4 is 23.4 Å². The summed E-state index contributed by atoms with van der Waals surface area (Å²) in [5, 5.41) is 8.81. The van der Waals surface area contributed by atoms with E-state index in [1.54, 1.807) is 12.1 Å². The van der Waals surface area contributed by atoms with E-state index in [-0.39, 0.29) is 0 Å². The van der Waals surface area contributed by atoms with Crippen molar-refractivity contribution in [2.24, 2.45) is 0 Å². The first-order valence-corrected chi connectivity index (χ1v) is 6.48. The van der Waals surface area contributed by atoms with Gasteiger partial charge < -0.3 is 10.0 Å². The first-order valence-electron chi connectivity index (χ1n) is 5.32. The van der Waals surface area contributed by atoms with Crippen LogP contribution < -0.4 is 4.90 Å². The molecular formula is C12H15NO2S. The molecule has 1 aliphatic rings. The van der Waals surface area contributed by atoms with Crippen molar-refractivity contribution in [2.45, 2.75) is 12.5 Å². The average Bonchev–Trinajstić information content (AvgIpc) is 2.81. The van der Waals surface area contributed by atoms with E-state index >= 15 is 0 Å². The molecule has 0 radical (unpaired) electrons. The summed E-state index contributed by atoms with van der Waals surface area (Å²) in [6, 6.07) is 7.67. The van der Waals surface area contributed by atoms with E-state index in [9.17, 15) is 4.79 Å². The van der Waals surface area contributed by atoms with Gasteiger partial charge in [0.2, 0.25) is 0 Å². The lowest BCUT2D eigenvalue weighted by Gasteiger charge is -2.26. The Morgan fingerprint density at radius 3 is 2.62 bits per heavy atom. The minimum Gasteiger partial charge on any atom is -0.478 e. The largest absolute Gasteiger partial charge is 0.478 e. The van der Waals surface area contributed by atoms with Gasteiger partial charge in [0.25, 0.3) is 0 Å². The lowest BCUT2D eigenvalue weighted by Crippen LogP contribution is -2.31. The SMILES string of the molecule is CN(c1ccc(C(=O)O)cc1)[C@H]1CCSC1. The van der Waals surface area contributed by atoms with Crippen LogP contribution in [0.25, 0.3) is 0 Å². The molecule has 1 aliphatic heterocycles. The molecule has 1 N–H and O–H groups in total. The highest BCUT2D eigenvalue weighted by Gasteiger charge is 2.20. The first-order chi connectivity index (χ1) is 7.68. The first kappa shape index (κ1) is 11.3. The number of hydrogen-bond donors (Lipinski definition) is 1. The molecule has 1 aromatic rings. The summed E-state index contributed by atoms with van der Waals surface area (Å²) >= 11 is 1.98. The molecule has 4 heteroatoms. The predicted molar refractivity (Wildman–Crippen MR) is 67.5 cm³/mol. The van der Waals surface area contributed by atoms with Crippen LogP contribution in [0.5, 0.6) is 0 Å². The Labute approximate surface area is 99.5 Å². The van der Waals surface area contributed by atoms with Gasteiger partial charge in [-0.2, -0.15) is 11.8 Å². The Hall–Kier alpha value is -1.16. The number of anilines is 1. The van der Waals surface area contributed by atoms with E-state index in [0.717, 1.165) is 11.4 Å². The molecule has 1 aromatic carbocycles. The molecule has 0 spiro atoms. The fourth-order valence-corrected chi connectivity index (χ4v) is 3.15. The van der Waals surface area contributed by atoms with E-state index in [4.69, 9.17) is 5.11 Å². The molecular weight excluding hydrogens is 222 g/mol. The topological polar surface area (TPSA) is 40.5 Å². The Bertz CT molecular complexity index is 371. The van der Waals surface area contributed by atoms with Gasteiger partial charge >= 0.3 is 5.97 Å². The molecule has 86 valence electrons. The molecule has 0 aromatic heterocycles. The monoisotopic (exact) mass is 237 g/mol. The number of thioether (sulfide) groups is 1. The van der Waals surface area contributed by atoms with Gasteiger partial charge in [0.15, 0.2) is 0 Å². The van der Waals surface area contributed by atoms with Gasteiger partial charge in [-0.1, -0.05) is 0 Å². The van der Waals surface area contributed by atoms with Crippen molar-refractivity contribution < 1.29 is 9.90 Å². The molecule has 0 unspecified atom stereocenters. The fraction of sp³-hybridized carbons (Fsp3) is 0.417. The summed E-state index contributed by atoms with van der Waals surface area (Å²) in [7, 11) is 2.08. The molecule has 0 saturated carbocycles. The second kappa shape index (κ2) is 4.78. The van der Waals surface area contributed by atoms with Crippen LogP contribution in [0.4, 0.5) is 5.69 Å². The molecule has 1 fully saturated rings. The maximum atomic E-state index is 10.7. The van der Waals surface area contributed by atoms with Crippen molar-refractivity contribution in [1.82, 2.24) is 0 Å². The van der Waals surface area contributed by atoms with Crippen molar-refractivity contribution in [1.29, 1.82) is 0 Å². The van der Waals surface area contributed by atoms with Crippen molar-refractivity contribution in [3.8, 4) is 0 Å². The molecule has 3 nitrogen and oxygen atoms in total. The number of carbonyl (C=O) groups is 1. The van der Waals surface area contributed by atoms with Crippen molar-refractivity contribution in [2.75, 3.05) is 23.5 Å². The minimum absolute atomic E-state index is 0.345. The molecule has 1 saturated heterocycles. The second-order valence-electron chi connectivity index (χ2n) is 3.98. The van der Waals surface area contributed by atoms with Gasteiger partial charge in [0.05, 0.1) is 5.56 Å². The van der Waals surface area contributed by atoms with Crippen LogP contribution >= 0.6 is 11.8 Å². The Morgan fingerprint density at radius 2 is 2.12 bits per heavy atom. The van der Waals surface area contributed by atoms with Crippen LogP contribution in [0, 0.1) is 0 Å². The smallest absolute Gasteiger partial charge is 0.335 e. The molecule has 2 rings (SSSR count). The zero-order chi connectivity index (χ0) is 11.5. The van der Waals surface area contributed by atoms with Crippen LogP contribution in [0.1, 0.15) is 16.8 Å². The summed E-state index contributed by atoms with van der Waals surface area (Å²) in [4.78, 5) is 13.0. The van der Waals surface area contributed by atoms with Gasteiger partial charge in [-0.05, 0) is 36.4 Å². The number of carboxylic acid groups (broad SMARTS) is 1. The Kier molecular flexibility index (Phi) is 3.39. The Morgan fingerprint density at radius 1 is 1.44 bits per heavy atom. The molecule has 1 atom stereocenters. The standard InChI is InChI=1S/C12H15NO2S/c1-13(11-6-7-16-8-11)10-4-2-9(3-5-10)12(14)15/h2-5,11H,6-8H2,1H3,(H,14,15)/t11-/m0/s1. The normalized spacial score (nSPS) is 19.7. The summed E-state index contributed by atoms with van der Waals surface area (Å²) in [5.74, 6) is 1.52. The minimum atomic E-state index is -0.870. The highest BCUT2D eigenvalue weighted by atomic mass is 32.2. The summed E-state index contributed by atoms with van der Waals surface area (Å²) < 4.78 is 0. The molecule has 0 bridgehead atoms. The molecule has 0 amide bonds. The maximum absolute atomic E-state index is 10.7. The van der Waals surface area contributed by atoms with E-state index in [0.29, 0.717) is 11.6 Å². The number of hydrogen-bond acceptors (Lipinski definition) is 3. The van der Waals surface area contributed by atoms with Crippen molar-refractivity contribution in [3.63, 3.8) is 0 Å². The number of nitrogens with zero attached hydrogens (tertiary/aromatic N) is 1. The highest BCUT2D eigenvalue weighted by Crippen LogP contribution is 2.25. The zero-order valence-electron chi connectivity index (χ0n) is 9.22. The van der Waals surface area contributed by atoms with Crippen molar-refractivity contribution in [3.05, 3.63) is 29.8 Å². The van der Waals surface area contributed by atoms with Gasteiger partial charge in [-0.25, -0.2) is 4.79 Å². The van der Waals surface area contributed by atoms with E-state index in [1.807, 2.05) is 23.9 Å². The van der Waals surface area contributed by atoms with Crippen LogP contribution in [0.15, 0.2) is 24.3 Å². The highest BCUT2D eigenvalue weighted by molar-refractivity contribution is 7.99. The van der Waals surface area contributed by atoms with Crippen LogP contribution in [0.3, 0.4) is 0 Å². The molecule has 1 heterocycles. The summed E-state index contributed by atoms with van der Waals surface area (Å²) in [6.45, 7) is 0. The van der Waals surface area contributed by atoms with Crippen LogP contribution in [-0.2, 0) is 0 Å². The molecule has 0 aliphatic carbocycles. The third-order valence-electron chi connectivity index (χ3n) is 2.97. The Balaban J connectivity index is 2.11. The van der Waals surface area contributed by atoms with E-state index in [1.165, 1.54) is 12.2 Å². The third kappa shape index (κ3) is 2.32. The van der Waals surface area contributed by atoms with Crippen LogP contribution in [0.2, 0.25) is 0 Å². The summed E-state index contributed by atoms with van der Waals surface area (Å²) in [6.07, 6.45) is 1.21. The van der Waals surface area contributed by atoms with Gasteiger partial charge in [0.1, 0.15) is 0 Å². The predicted octanol–water partition coefficient (Wildman–Crippen LogP) is 2.33. The third-order valence-corrected chi connectivity index (χ3v) is 4.12. The van der Waals surface area contributed by atoms with Crippen LogP contribution in [-0.4, -0.2) is 35.7 Å². The maximum Gasteiger partial charge on any atom is 0.335 e. The van der Waals surface area contributed by atoms with Gasteiger partial charge in [-0.15, -0.1) is 0 Å². The van der Waals surface area contributed by atoms with Gasteiger partial charge in [-0.3, -0.25) is 0 Å². The average molecular weight is 237 g/mol. The van der Waals surface area contributed by atoms with E-state index < -0.39 is 5.97 Å². The van der Waals surface area contributed by atoms with Gasteiger partial charge in [0, 0.05) is 24.5 Å². The number of benzene rings is 1. The number of aromatic carboxylic acids is 1. The van der Waals surface area contributed by atoms with E-state index in [2.05, 4.69) is 11.9 Å². The fourth-order valence-electron chi connectivity index (χ4n) is 1.88. The number of rotatable bonds is 3. The summed E-state index contributed by atoms with van der Waals surface area (Å²) in [5.41, 5.74) is 1.44. The quantitative estimate of drug-likeness (QED) is 0.876. The lowest BCUT2D eigenvalue weighted by molar-refractivity contribution is 0.0697. The zero-order valence-corrected chi connectivity index (χ0v) is 10.0. The number of carboxylic acids is 1. The molecule has 16 heavy (non-hydrogen) atoms. The second-order valence-corrected chi connectivity index (χ2v) is 5.13.